The molecule has 0 aliphatic carbocycles. The van der Waals surface area contributed by atoms with Crippen molar-refractivity contribution in [1.82, 2.24) is 4.98 Å². The maximum absolute atomic E-state index is 9.03. The van der Waals surface area contributed by atoms with E-state index in [1.165, 1.54) is 0 Å². The van der Waals surface area contributed by atoms with E-state index in [-0.39, 0.29) is 6.61 Å². The van der Waals surface area contributed by atoms with Crippen LogP contribution < -0.4 is 5.32 Å². The van der Waals surface area contributed by atoms with Crippen LogP contribution >= 0.6 is 27.7 Å². The molecule has 0 aromatic carbocycles. The average molecular weight is 247 g/mol. The second kappa shape index (κ2) is 3.24. The zero-order valence-corrected chi connectivity index (χ0v) is 8.57. The number of aliphatic hydroxyl groups is 1. The third-order valence-electron chi connectivity index (χ3n) is 1.66. The average Bonchev–Trinajstić information content (AvgIpc) is 2.50. The van der Waals surface area contributed by atoms with Gasteiger partial charge in [0, 0.05) is 5.56 Å². The van der Waals surface area contributed by atoms with E-state index in [4.69, 9.17) is 5.11 Å². The van der Waals surface area contributed by atoms with Gasteiger partial charge in [0.2, 0.25) is 0 Å². The molecule has 12 heavy (non-hydrogen) atoms. The van der Waals surface area contributed by atoms with Crippen molar-refractivity contribution in [3.8, 4) is 0 Å². The van der Waals surface area contributed by atoms with Crippen LogP contribution in [0.3, 0.4) is 0 Å². The highest BCUT2D eigenvalue weighted by atomic mass is 79.9. The van der Waals surface area contributed by atoms with E-state index >= 15 is 0 Å². The fourth-order valence-electron chi connectivity index (χ4n) is 1.13. The molecule has 0 unspecified atom stereocenters. The van der Waals surface area contributed by atoms with E-state index in [9.17, 15) is 0 Å². The van der Waals surface area contributed by atoms with Crippen molar-refractivity contribution in [1.29, 1.82) is 0 Å². The maximum atomic E-state index is 9.03. The van der Waals surface area contributed by atoms with E-state index in [2.05, 4.69) is 26.2 Å². The van der Waals surface area contributed by atoms with Crippen LogP contribution in [0.1, 0.15) is 5.56 Å². The zero-order chi connectivity index (χ0) is 8.55. The van der Waals surface area contributed by atoms with Crippen LogP contribution in [0.4, 0.5) is 5.69 Å². The van der Waals surface area contributed by atoms with Gasteiger partial charge in [0.05, 0.1) is 18.2 Å². The summed E-state index contributed by atoms with van der Waals surface area (Å²) in [5.74, 6) is 0.839. The third-order valence-corrected chi connectivity index (χ3v) is 2.93. The minimum atomic E-state index is 0.0526. The predicted octanol–water partition coefficient (Wildman–Crippen LogP) is 1.81. The molecule has 5 heteroatoms. The van der Waals surface area contributed by atoms with Crippen LogP contribution in [0.2, 0.25) is 0 Å². The summed E-state index contributed by atoms with van der Waals surface area (Å²) in [6.45, 7) is 0.0526. The number of hydrogen-bond donors (Lipinski definition) is 2. The predicted molar refractivity (Wildman–Crippen MR) is 52.2 cm³/mol. The Morgan fingerprint density at radius 2 is 2.58 bits per heavy atom. The van der Waals surface area contributed by atoms with E-state index in [0.717, 1.165) is 26.8 Å². The first-order chi connectivity index (χ1) is 5.81. The minimum absolute atomic E-state index is 0.0526. The van der Waals surface area contributed by atoms with Gasteiger partial charge in [-0.2, -0.15) is 0 Å². The van der Waals surface area contributed by atoms with E-state index < -0.39 is 0 Å². The number of fused-ring (bicyclic) bond motifs is 1. The summed E-state index contributed by atoms with van der Waals surface area (Å²) in [6.07, 6.45) is 0. The van der Waals surface area contributed by atoms with Gasteiger partial charge in [-0.15, -0.1) is 0 Å². The number of thioether (sulfide) groups is 1. The number of halogens is 1. The normalized spacial score (nSPS) is 14.2. The first kappa shape index (κ1) is 8.34. The minimum Gasteiger partial charge on any atom is -0.392 e. The molecule has 1 aliphatic rings. The third kappa shape index (κ3) is 1.32. The Morgan fingerprint density at radius 1 is 1.75 bits per heavy atom. The molecule has 0 spiro atoms. The Morgan fingerprint density at radius 3 is 3.33 bits per heavy atom. The smallest absolute Gasteiger partial charge is 0.123 e. The molecular formula is C7H7BrN2OS. The Kier molecular flexibility index (Phi) is 2.25. The molecule has 64 valence electrons. The van der Waals surface area contributed by atoms with Gasteiger partial charge in [-0.25, -0.2) is 4.98 Å². The van der Waals surface area contributed by atoms with Crippen LogP contribution in [-0.2, 0) is 6.61 Å². The quantitative estimate of drug-likeness (QED) is 0.743. The number of nitrogens with zero attached hydrogens (tertiary/aromatic N) is 1. The molecule has 2 heterocycles. The number of aromatic nitrogens is 1. The van der Waals surface area contributed by atoms with Gasteiger partial charge in [-0.05, 0) is 22.0 Å². The first-order valence-electron chi connectivity index (χ1n) is 3.48. The zero-order valence-electron chi connectivity index (χ0n) is 6.17. The van der Waals surface area contributed by atoms with Gasteiger partial charge < -0.3 is 10.4 Å². The first-order valence-corrected chi connectivity index (χ1v) is 5.26. The van der Waals surface area contributed by atoms with Crippen molar-refractivity contribution in [2.75, 3.05) is 11.2 Å². The molecule has 0 radical (unpaired) electrons. The molecule has 0 saturated carbocycles. The number of pyridine rings is 1. The van der Waals surface area contributed by atoms with Crippen LogP contribution in [0.15, 0.2) is 15.7 Å². The molecule has 0 atom stereocenters. The molecule has 1 aromatic rings. The number of aliphatic hydroxyl groups excluding tert-OH is 1. The van der Waals surface area contributed by atoms with Gasteiger partial charge in [-0.3, -0.25) is 0 Å². The van der Waals surface area contributed by atoms with E-state index in [0.29, 0.717) is 0 Å². The molecule has 2 N–H and O–H groups in total. The molecule has 1 aliphatic heterocycles. The highest BCUT2D eigenvalue weighted by molar-refractivity contribution is 9.10. The highest BCUT2D eigenvalue weighted by Gasteiger charge is 2.16. The SMILES string of the molecule is OCc1cc(Br)nc2c1NCS2. The molecule has 0 fully saturated rings. The lowest BCUT2D eigenvalue weighted by Crippen LogP contribution is -1.96. The largest absolute Gasteiger partial charge is 0.392 e. The van der Waals surface area contributed by atoms with Crippen molar-refractivity contribution in [2.45, 2.75) is 11.6 Å². The molecular weight excluding hydrogens is 240 g/mol. The molecule has 2 rings (SSSR count). The standard InChI is InChI=1S/C7H7BrN2OS/c8-5-1-4(2-11)6-7(10-5)12-3-9-6/h1,9,11H,2-3H2. The second-order valence-corrected chi connectivity index (χ2v) is 4.18. The topological polar surface area (TPSA) is 45.2 Å². The summed E-state index contributed by atoms with van der Waals surface area (Å²) < 4.78 is 0.779. The lowest BCUT2D eigenvalue weighted by molar-refractivity contribution is 0.282. The highest BCUT2D eigenvalue weighted by Crippen LogP contribution is 2.35. The lowest BCUT2D eigenvalue weighted by Gasteiger charge is -2.04. The molecule has 3 nitrogen and oxygen atoms in total. The summed E-state index contributed by atoms with van der Waals surface area (Å²) in [5, 5.41) is 13.2. The van der Waals surface area contributed by atoms with Crippen LogP contribution in [0, 0.1) is 0 Å². The summed E-state index contributed by atoms with van der Waals surface area (Å²) >= 11 is 4.94. The molecule has 1 aromatic heterocycles. The van der Waals surface area contributed by atoms with E-state index in [1.807, 2.05) is 6.07 Å². The Balaban J connectivity index is 2.55. The van der Waals surface area contributed by atoms with Gasteiger partial charge >= 0.3 is 0 Å². The van der Waals surface area contributed by atoms with Crippen LogP contribution in [-0.4, -0.2) is 16.0 Å². The van der Waals surface area contributed by atoms with Crippen molar-refractivity contribution in [2.24, 2.45) is 0 Å². The second-order valence-electron chi connectivity index (χ2n) is 2.41. The number of nitrogens with one attached hydrogen (secondary N) is 1. The Labute approximate surface area is 82.7 Å². The monoisotopic (exact) mass is 246 g/mol. The lowest BCUT2D eigenvalue weighted by atomic mass is 10.2. The van der Waals surface area contributed by atoms with Gasteiger partial charge in [0.15, 0.2) is 0 Å². The number of anilines is 1. The Hall–Kier alpha value is -0.260. The number of rotatable bonds is 1. The van der Waals surface area contributed by atoms with Crippen molar-refractivity contribution in [3.63, 3.8) is 0 Å². The van der Waals surface area contributed by atoms with Crippen LogP contribution in [0.25, 0.3) is 0 Å². The molecule has 0 saturated heterocycles. The molecule has 0 bridgehead atoms. The van der Waals surface area contributed by atoms with Crippen molar-refractivity contribution >= 4 is 33.4 Å². The summed E-state index contributed by atoms with van der Waals surface area (Å²) in [5.41, 5.74) is 1.88. The summed E-state index contributed by atoms with van der Waals surface area (Å²) in [6, 6.07) is 1.83. The van der Waals surface area contributed by atoms with Crippen molar-refractivity contribution < 1.29 is 5.11 Å². The van der Waals surface area contributed by atoms with Crippen LogP contribution in [0.5, 0.6) is 0 Å². The van der Waals surface area contributed by atoms with Gasteiger partial charge in [0.25, 0.3) is 0 Å². The maximum Gasteiger partial charge on any atom is 0.123 e. The fourth-order valence-corrected chi connectivity index (χ4v) is 2.57. The van der Waals surface area contributed by atoms with Gasteiger partial charge in [-0.1, -0.05) is 11.8 Å². The fraction of sp³-hybridized carbons (Fsp3) is 0.286. The summed E-state index contributed by atoms with van der Waals surface area (Å²) in [7, 11) is 0. The van der Waals surface area contributed by atoms with E-state index in [1.54, 1.807) is 11.8 Å². The Bertz CT molecular complexity index is 319. The number of hydrogen-bond acceptors (Lipinski definition) is 4. The summed E-state index contributed by atoms with van der Waals surface area (Å²) in [4.78, 5) is 4.27. The van der Waals surface area contributed by atoms with Crippen molar-refractivity contribution in [3.05, 3.63) is 16.2 Å². The van der Waals surface area contributed by atoms with Gasteiger partial charge in [0.1, 0.15) is 9.63 Å². The molecule has 0 amide bonds.